The number of thiophene rings is 1. The van der Waals surface area contributed by atoms with Crippen LogP contribution in [0.5, 0.6) is 0 Å². The van der Waals surface area contributed by atoms with Gasteiger partial charge < -0.3 is 14.7 Å². The van der Waals surface area contributed by atoms with Crippen LogP contribution in [-0.4, -0.2) is 44.8 Å². The third kappa shape index (κ3) is 3.62. The van der Waals surface area contributed by atoms with Crippen LogP contribution in [0.2, 0.25) is 0 Å². The van der Waals surface area contributed by atoms with Gasteiger partial charge in [0.2, 0.25) is 0 Å². The molecule has 1 heterocycles. The average Bonchev–Trinajstić information content (AvgIpc) is 2.66. The Morgan fingerprint density at radius 2 is 2.47 bits per heavy atom. The second-order valence-electron chi connectivity index (χ2n) is 3.31. The van der Waals surface area contributed by atoms with Gasteiger partial charge in [0.25, 0.3) is 0 Å². The summed E-state index contributed by atoms with van der Waals surface area (Å²) in [4.78, 5) is 13.1. The fraction of sp³-hybridized carbons (Fsp3) is 0.500. The molecule has 0 amide bonds. The Bertz CT molecular complexity index is 313. The molecule has 1 unspecified atom stereocenters. The summed E-state index contributed by atoms with van der Waals surface area (Å²) in [7, 11) is 3.42. The van der Waals surface area contributed by atoms with Crippen LogP contribution in [0.4, 0.5) is 5.69 Å². The van der Waals surface area contributed by atoms with Crippen LogP contribution >= 0.6 is 11.3 Å². The molecule has 15 heavy (non-hydrogen) atoms. The van der Waals surface area contributed by atoms with E-state index in [-0.39, 0.29) is 0 Å². The van der Waals surface area contributed by atoms with E-state index in [9.17, 15) is 9.90 Å². The Hall–Kier alpha value is -0.910. The summed E-state index contributed by atoms with van der Waals surface area (Å²) in [5.41, 5.74) is 0.942. The number of rotatable bonds is 6. The van der Waals surface area contributed by atoms with E-state index < -0.39 is 6.10 Å². The molecule has 0 aliphatic heterocycles. The third-order valence-electron chi connectivity index (χ3n) is 2.01. The minimum absolute atomic E-state index is 0.314. The largest absolute Gasteiger partial charge is 0.389 e. The number of carbonyl (C=O) groups excluding carboxylic acids is 1. The minimum Gasteiger partial charge on any atom is -0.389 e. The summed E-state index contributed by atoms with van der Waals surface area (Å²) in [5.74, 6) is 0. The lowest BCUT2D eigenvalue weighted by Gasteiger charge is -2.20. The van der Waals surface area contributed by atoms with Gasteiger partial charge >= 0.3 is 0 Å². The summed E-state index contributed by atoms with van der Waals surface area (Å²) < 4.78 is 4.84. The number of likely N-dealkylation sites (N-methyl/N-ethyl adjacent to an activating group) is 1. The Kier molecular flexibility index (Phi) is 4.74. The van der Waals surface area contributed by atoms with Crippen LogP contribution in [0.25, 0.3) is 0 Å². The van der Waals surface area contributed by atoms with Gasteiger partial charge in [-0.05, 0) is 6.07 Å². The highest BCUT2D eigenvalue weighted by molar-refractivity contribution is 7.12. The highest BCUT2D eigenvalue weighted by Crippen LogP contribution is 2.20. The summed E-state index contributed by atoms with van der Waals surface area (Å²) >= 11 is 1.40. The van der Waals surface area contributed by atoms with E-state index in [0.717, 1.165) is 12.0 Å². The maximum atomic E-state index is 10.5. The van der Waals surface area contributed by atoms with Gasteiger partial charge in [0, 0.05) is 31.8 Å². The summed E-state index contributed by atoms with van der Waals surface area (Å²) in [6, 6.07) is 1.80. The second kappa shape index (κ2) is 5.85. The first kappa shape index (κ1) is 12.2. The first-order valence-corrected chi connectivity index (χ1v) is 5.47. The highest BCUT2D eigenvalue weighted by Gasteiger charge is 2.09. The van der Waals surface area contributed by atoms with E-state index in [1.807, 2.05) is 17.3 Å². The first-order chi connectivity index (χ1) is 7.17. The molecule has 4 nitrogen and oxygen atoms in total. The molecule has 0 spiro atoms. The zero-order chi connectivity index (χ0) is 11.3. The topological polar surface area (TPSA) is 49.8 Å². The summed E-state index contributed by atoms with van der Waals surface area (Å²) in [6.45, 7) is 0.803. The van der Waals surface area contributed by atoms with Crippen molar-refractivity contribution >= 4 is 23.3 Å². The highest BCUT2D eigenvalue weighted by atomic mass is 32.1. The fourth-order valence-electron chi connectivity index (χ4n) is 1.27. The Labute approximate surface area is 93.1 Å². The van der Waals surface area contributed by atoms with Gasteiger partial charge in [0.15, 0.2) is 6.29 Å². The smallest absolute Gasteiger partial charge is 0.160 e. The van der Waals surface area contributed by atoms with Crippen molar-refractivity contribution in [2.45, 2.75) is 6.10 Å². The number of hydrogen-bond acceptors (Lipinski definition) is 5. The second-order valence-corrected chi connectivity index (χ2v) is 4.26. The molecule has 1 aromatic rings. The van der Waals surface area contributed by atoms with Crippen molar-refractivity contribution in [3.05, 3.63) is 16.3 Å². The lowest BCUT2D eigenvalue weighted by Crippen LogP contribution is -2.31. The maximum absolute atomic E-state index is 10.5. The van der Waals surface area contributed by atoms with Crippen molar-refractivity contribution in [3.63, 3.8) is 0 Å². The lowest BCUT2D eigenvalue weighted by atomic mass is 10.3. The number of methoxy groups -OCH3 is 1. The number of hydrogen-bond donors (Lipinski definition) is 1. The molecule has 1 N–H and O–H groups in total. The van der Waals surface area contributed by atoms with E-state index in [1.54, 1.807) is 13.2 Å². The Morgan fingerprint density at radius 3 is 3.00 bits per heavy atom. The number of carbonyl (C=O) groups is 1. The zero-order valence-corrected chi connectivity index (χ0v) is 9.66. The predicted molar refractivity (Wildman–Crippen MR) is 60.9 cm³/mol. The number of aliphatic hydroxyl groups excluding tert-OH is 1. The number of aliphatic hydroxyl groups is 1. The molecule has 0 bridgehead atoms. The van der Waals surface area contributed by atoms with E-state index in [2.05, 4.69) is 0 Å². The summed E-state index contributed by atoms with van der Waals surface area (Å²) in [6.07, 6.45) is 0.313. The van der Waals surface area contributed by atoms with Crippen LogP contribution in [0.3, 0.4) is 0 Å². The Morgan fingerprint density at radius 1 is 1.73 bits per heavy atom. The molecule has 0 saturated heterocycles. The molecular weight excluding hydrogens is 214 g/mol. The number of aldehydes is 1. The van der Waals surface area contributed by atoms with Gasteiger partial charge in [-0.3, -0.25) is 4.79 Å². The van der Waals surface area contributed by atoms with E-state index in [4.69, 9.17) is 4.74 Å². The molecule has 0 saturated carbocycles. The molecule has 84 valence electrons. The van der Waals surface area contributed by atoms with E-state index in [0.29, 0.717) is 18.0 Å². The van der Waals surface area contributed by atoms with Crippen molar-refractivity contribution in [1.29, 1.82) is 0 Å². The standard InChI is InChI=1S/C10H15NO3S/c1-11(4-9(13)6-14-2)8-3-10(5-12)15-7-8/h3,5,7,9,13H,4,6H2,1-2H3. The third-order valence-corrected chi connectivity index (χ3v) is 2.85. The quantitative estimate of drug-likeness (QED) is 0.739. The molecular formula is C10H15NO3S. The number of ether oxygens (including phenoxy) is 1. The molecule has 5 heteroatoms. The van der Waals surface area contributed by atoms with Gasteiger partial charge in [-0.2, -0.15) is 0 Å². The van der Waals surface area contributed by atoms with Gasteiger partial charge in [0.05, 0.1) is 17.6 Å². The molecule has 0 aliphatic carbocycles. The van der Waals surface area contributed by atoms with Crippen molar-refractivity contribution in [1.82, 2.24) is 0 Å². The lowest BCUT2D eigenvalue weighted by molar-refractivity contribution is 0.0695. The van der Waals surface area contributed by atoms with Gasteiger partial charge in [-0.1, -0.05) is 0 Å². The number of anilines is 1. The number of nitrogens with zero attached hydrogens (tertiary/aromatic N) is 1. The zero-order valence-electron chi connectivity index (χ0n) is 8.84. The molecule has 1 atom stereocenters. The van der Waals surface area contributed by atoms with Gasteiger partial charge in [0.1, 0.15) is 0 Å². The monoisotopic (exact) mass is 229 g/mol. The van der Waals surface area contributed by atoms with Crippen molar-refractivity contribution < 1.29 is 14.6 Å². The molecule has 0 aliphatic rings. The molecule has 1 aromatic heterocycles. The van der Waals surface area contributed by atoms with Crippen LogP contribution in [0.15, 0.2) is 11.4 Å². The first-order valence-electron chi connectivity index (χ1n) is 4.59. The van der Waals surface area contributed by atoms with E-state index >= 15 is 0 Å². The van der Waals surface area contributed by atoms with Crippen molar-refractivity contribution in [2.24, 2.45) is 0 Å². The normalized spacial score (nSPS) is 12.5. The SMILES string of the molecule is COCC(O)CN(C)c1csc(C=O)c1. The average molecular weight is 229 g/mol. The Balaban J connectivity index is 2.52. The molecule has 1 rings (SSSR count). The van der Waals surface area contributed by atoms with Crippen molar-refractivity contribution in [3.8, 4) is 0 Å². The molecule has 0 aromatic carbocycles. The van der Waals surface area contributed by atoms with Crippen LogP contribution in [-0.2, 0) is 4.74 Å². The maximum Gasteiger partial charge on any atom is 0.160 e. The van der Waals surface area contributed by atoms with Crippen LogP contribution in [0.1, 0.15) is 9.67 Å². The fourth-order valence-corrected chi connectivity index (χ4v) is 2.02. The van der Waals surface area contributed by atoms with Crippen LogP contribution in [0, 0.1) is 0 Å². The van der Waals surface area contributed by atoms with Gasteiger partial charge in [-0.25, -0.2) is 0 Å². The van der Waals surface area contributed by atoms with Crippen molar-refractivity contribution in [2.75, 3.05) is 32.2 Å². The molecule has 0 radical (unpaired) electrons. The molecule has 0 fully saturated rings. The predicted octanol–water partition coefficient (Wildman–Crippen LogP) is 1.00. The van der Waals surface area contributed by atoms with Gasteiger partial charge in [-0.15, -0.1) is 11.3 Å². The minimum atomic E-state index is -0.514. The van der Waals surface area contributed by atoms with Crippen LogP contribution < -0.4 is 4.90 Å². The van der Waals surface area contributed by atoms with E-state index in [1.165, 1.54) is 11.3 Å². The summed E-state index contributed by atoms with van der Waals surface area (Å²) in [5, 5.41) is 11.4.